The minimum absolute atomic E-state index is 0.0901. The molecule has 2 aliphatic heterocycles. The van der Waals surface area contributed by atoms with Gasteiger partial charge in [-0.2, -0.15) is 15.2 Å². The number of nitrogens with zero attached hydrogens (tertiary/aromatic N) is 6. The predicted octanol–water partition coefficient (Wildman–Crippen LogP) is 6.63. The zero-order valence-electron chi connectivity index (χ0n) is 26.7. The molecule has 10 heteroatoms. The molecule has 0 spiro atoms. The fourth-order valence-electron chi connectivity index (χ4n) is 7.06. The number of benzene rings is 1. The van der Waals surface area contributed by atoms with Gasteiger partial charge in [-0.25, -0.2) is 4.39 Å². The van der Waals surface area contributed by atoms with E-state index in [1.165, 1.54) is 30.6 Å². The van der Waals surface area contributed by atoms with Crippen molar-refractivity contribution < 1.29 is 13.9 Å². The van der Waals surface area contributed by atoms with Gasteiger partial charge < -0.3 is 14.5 Å². The number of hydrogen-bond donors (Lipinski definition) is 0. The molecule has 5 rings (SSSR count). The molecule has 2 aromatic rings. The van der Waals surface area contributed by atoms with Gasteiger partial charge in [-0.15, -0.1) is 0 Å². The molecular weight excluding hydrogens is 591 g/mol. The normalized spacial score (nSPS) is 21.3. The standard InChI is InChI=1S/C35H46ClFN6O2/c1-4-9-30-32(24(2)15-16-26-10-5-6-14-31(26)36)39-35(45-23-29-13-8-19-42(29)27-11-7-12-27)40-33(30)41-20-21-43(34(44)25(3)37)28(22-41)17-18-38/h5-6,10,14,24,27-29H,3-4,7-9,11-13,15-17,19-23H2,1-2H3/t24-,28?,29?/m1/s1. The first-order chi connectivity index (χ1) is 21.8. The fraction of sp³-hybridized carbons (Fsp3) is 0.600. The quantitative estimate of drug-likeness (QED) is 0.228. The molecule has 2 saturated heterocycles. The second-order valence-corrected chi connectivity index (χ2v) is 13.2. The van der Waals surface area contributed by atoms with Gasteiger partial charge >= 0.3 is 6.01 Å². The summed E-state index contributed by atoms with van der Waals surface area (Å²) in [6.45, 7) is 10.3. The smallest absolute Gasteiger partial charge is 0.318 e. The van der Waals surface area contributed by atoms with E-state index in [2.05, 4.69) is 42.4 Å². The van der Waals surface area contributed by atoms with Crippen LogP contribution < -0.4 is 9.64 Å². The van der Waals surface area contributed by atoms with Crippen LogP contribution >= 0.6 is 11.6 Å². The Morgan fingerprint density at radius 3 is 2.64 bits per heavy atom. The summed E-state index contributed by atoms with van der Waals surface area (Å²) < 4.78 is 20.3. The number of aryl methyl sites for hydroxylation is 1. The fourth-order valence-corrected chi connectivity index (χ4v) is 7.29. The molecule has 1 aromatic heterocycles. The number of ether oxygens (including phenoxy) is 1. The largest absolute Gasteiger partial charge is 0.462 e. The number of carbonyl (C=O) groups is 1. The summed E-state index contributed by atoms with van der Waals surface area (Å²) in [6.07, 6.45) is 9.59. The molecule has 3 heterocycles. The molecule has 1 amide bonds. The van der Waals surface area contributed by atoms with E-state index in [9.17, 15) is 14.4 Å². The maximum absolute atomic E-state index is 13.9. The van der Waals surface area contributed by atoms with E-state index in [0.717, 1.165) is 66.3 Å². The van der Waals surface area contributed by atoms with Crippen molar-refractivity contribution in [1.82, 2.24) is 19.8 Å². The van der Waals surface area contributed by atoms with Crippen LogP contribution in [-0.4, -0.2) is 76.6 Å². The molecule has 3 aliphatic rings. The Hall–Kier alpha value is -3.22. The van der Waals surface area contributed by atoms with Crippen molar-refractivity contribution in [3.8, 4) is 12.1 Å². The third kappa shape index (κ3) is 7.78. The first-order valence-corrected chi connectivity index (χ1v) is 17.0. The monoisotopic (exact) mass is 636 g/mol. The van der Waals surface area contributed by atoms with Crippen LogP contribution in [0, 0.1) is 11.3 Å². The Bertz CT molecular complexity index is 1390. The van der Waals surface area contributed by atoms with Crippen molar-refractivity contribution in [2.45, 2.75) is 102 Å². The van der Waals surface area contributed by atoms with E-state index in [1.807, 2.05) is 18.2 Å². The summed E-state index contributed by atoms with van der Waals surface area (Å²) >= 11 is 6.50. The molecule has 1 saturated carbocycles. The average Bonchev–Trinajstić information content (AvgIpc) is 3.46. The molecule has 45 heavy (non-hydrogen) atoms. The van der Waals surface area contributed by atoms with Gasteiger partial charge in [-0.3, -0.25) is 9.69 Å². The molecule has 3 atom stereocenters. The maximum atomic E-state index is 13.9. The number of hydrogen-bond acceptors (Lipinski definition) is 7. The number of halogens is 2. The average molecular weight is 637 g/mol. The van der Waals surface area contributed by atoms with E-state index in [1.54, 1.807) is 0 Å². The van der Waals surface area contributed by atoms with Crippen LogP contribution in [0.15, 0.2) is 36.7 Å². The minimum Gasteiger partial charge on any atom is -0.462 e. The molecule has 3 fully saturated rings. The number of likely N-dealkylation sites (tertiary alicyclic amines) is 1. The van der Waals surface area contributed by atoms with Gasteiger partial charge in [-0.1, -0.05) is 63.1 Å². The summed E-state index contributed by atoms with van der Waals surface area (Å²) in [7, 11) is 0. The highest BCUT2D eigenvalue weighted by molar-refractivity contribution is 6.31. The number of nitriles is 1. The summed E-state index contributed by atoms with van der Waals surface area (Å²) in [5.41, 5.74) is 3.15. The molecule has 0 radical (unpaired) electrons. The Kier molecular flexibility index (Phi) is 11.3. The van der Waals surface area contributed by atoms with Crippen molar-refractivity contribution in [2.75, 3.05) is 37.7 Å². The Balaban J connectivity index is 1.45. The van der Waals surface area contributed by atoms with Gasteiger partial charge in [0.15, 0.2) is 5.83 Å². The highest BCUT2D eigenvalue weighted by Crippen LogP contribution is 2.35. The SMILES string of the molecule is C=C(F)C(=O)N1CCN(c2nc(OCC3CCCN3C3CCC3)nc([C@H](C)CCc3ccccc3Cl)c2CCC)CC1CC#N. The third-order valence-corrected chi connectivity index (χ3v) is 10.1. The second-order valence-electron chi connectivity index (χ2n) is 12.8. The summed E-state index contributed by atoms with van der Waals surface area (Å²) in [5, 5.41) is 10.3. The van der Waals surface area contributed by atoms with Crippen LogP contribution in [-0.2, 0) is 17.6 Å². The van der Waals surface area contributed by atoms with Gasteiger partial charge in [0.25, 0.3) is 5.91 Å². The first-order valence-electron chi connectivity index (χ1n) is 16.6. The highest BCUT2D eigenvalue weighted by atomic mass is 35.5. The van der Waals surface area contributed by atoms with Crippen LogP contribution in [0.5, 0.6) is 6.01 Å². The molecule has 242 valence electrons. The van der Waals surface area contributed by atoms with E-state index in [-0.39, 0.29) is 18.9 Å². The lowest BCUT2D eigenvalue weighted by molar-refractivity contribution is -0.131. The van der Waals surface area contributed by atoms with E-state index in [0.29, 0.717) is 37.8 Å². The summed E-state index contributed by atoms with van der Waals surface area (Å²) in [6, 6.07) is 11.1. The van der Waals surface area contributed by atoms with Crippen molar-refractivity contribution >= 4 is 23.3 Å². The van der Waals surface area contributed by atoms with Crippen molar-refractivity contribution in [2.24, 2.45) is 0 Å². The van der Waals surface area contributed by atoms with E-state index >= 15 is 0 Å². The number of amides is 1. The van der Waals surface area contributed by atoms with Crippen LogP contribution in [0.25, 0.3) is 0 Å². The summed E-state index contributed by atoms with van der Waals surface area (Å²) in [4.78, 5) is 28.9. The molecular formula is C35H46ClFN6O2. The Morgan fingerprint density at radius 1 is 1.16 bits per heavy atom. The number of piperazine rings is 1. The lowest BCUT2D eigenvalue weighted by Crippen LogP contribution is -2.55. The molecule has 1 aliphatic carbocycles. The maximum Gasteiger partial charge on any atom is 0.318 e. The molecule has 0 bridgehead atoms. The van der Waals surface area contributed by atoms with Gasteiger partial charge in [0.1, 0.15) is 12.4 Å². The van der Waals surface area contributed by atoms with Gasteiger partial charge in [0.2, 0.25) is 0 Å². The van der Waals surface area contributed by atoms with Gasteiger partial charge in [-0.05, 0) is 69.0 Å². The van der Waals surface area contributed by atoms with E-state index < -0.39 is 17.8 Å². The topological polar surface area (TPSA) is 85.6 Å². The predicted molar refractivity (Wildman–Crippen MR) is 175 cm³/mol. The van der Waals surface area contributed by atoms with Crippen molar-refractivity contribution in [3.05, 3.63) is 58.5 Å². The number of anilines is 1. The summed E-state index contributed by atoms with van der Waals surface area (Å²) in [5.74, 6) is -0.861. The number of aromatic nitrogens is 2. The third-order valence-electron chi connectivity index (χ3n) is 9.74. The molecule has 1 aromatic carbocycles. The first kappa shape index (κ1) is 33.2. The lowest BCUT2D eigenvalue weighted by Gasteiger charge is -2.41. The number of carbonyl (C=O) groups excluding carboxylic acids is 1. The van der Waals surface area contributed by atoms with Crippen LogP contribution in [0.4, 0.5) is 10.2 Å². The Morgan fingerprint density at radius 2 is 1.96 bits per heavy atom. The molecule has 8 nitrogen and oxygen atoms in total. The van der Waals surface area contributed by atoms with Crippen LogP contribution in [0.3, 0.4) is 0 Å². The van der Waals surface area contributed by atoms with Crippen molar-refractivity contribution in [1.29, 1.82) is 5.26 Å². The zero-order chi connectivity index (χ0) is 31.9. The van der Waals surface area contributed by atoms with Crippen LogP contribution in [0.2, 0.25) is 5.02 Å². The second kappa shape index (κ2) is 15.4. The van der Waals surface area contributed by atoms with E-state index in [4.69, 9.17) is 26.3 Å². The van der Waals surface area contributed by atoms with Gasteiger partial charge in [0, 0.05) is 42.3 Å². The van der Waals surface area contributed by atoms with Crippen molar-refractivity contribution in [3.63, 3.8) is 0 Å². The highest BCUT2D eigenvalue weighted by Gasteiger charge is 2.36. The van der Waals surface area contributed by atoms with Gasteiger partial charge in [0.05, 0.1) is 24.2 Å². The zero-order valence-corrected chi connectivity index (χ0v) is 27.4. The number of rotatable bonds is 13. The van der Waals surface area contributed by atoms with Crippen LogP contribution in [0.1, 0.15) is 88.0 Å². The Labute approximate surface area is 272 Å². The minimum atomic E-state index is -1.01. The molecule has 2 unspecified atom stereocenters. The lowest BCUT2D eigenvalue weighted by atomic mass is 9.91. The molecule has 0 N–H and O–H groups in total.